The molecular weight excluding hydrogens is 334 g/mol. The number of benzene rings is 2. The Hall–Kier alpha value is -3.02. The lowest BCUT2D eigenvalue weighted by atomic mass is 9.88. The van der Waals surface area contributed by atoms with Crippen molar-refractivity contribution in [3.8, 4) is 17.2 Å². The number of rotatable bonds is 5. The molecule has 1 saturated heterocycles. The predicted octanol–water partition coefficient (Wildman–Crippen LogP) is 3.15. The first-order valence-corrected chi connectivity index (χ1v) is 8.29. The van der Waals surface area contributed by atoms with Gasteiger partial charge >= 0.3 is 0 Å². The average Bonchev–Trinajstić information content (AvgIpc) is 2.67. The molecule has 6 heteroatoms. The number of ether oxygens (including phenoxy) is 3. The number of hydrogen-bond donors (Lipinski definition) is 0. The largest absolute Gasteiger partial charge is 0.497 e. The van der Waals surface area contributed by atoms with Gasteiger partial charge in [0.05, 0.1) is 27.0 Å². The summed E-state index contributed by atoms with van der Waals surface area (Å²) in [5.74, 6) is 1.16. The number of anilines is 1. The first-order chi connectivity index (χ1) is 12.6. The van der Waals surface area contributed by atoms with Crippen LogP contribution in [0.25, 0.3) is 0 Å². The first kappa shape index (κ1) is 17.8. The van der Waals surface area contributed by atoms with Gasteiger partial charge in [-0.05, 0) is 29.8 Å². The molecule has 0 N–H and O–H groups in total. The summed E-state index contributed by atoms with van der Waals surface area (Å²) in [6, 6.07) is 12.4. The van der Waals surface area contributed by atoms with Gasteiger partial charge in [0.2, 0.25) is 11.8 Å². The van der Waals surface area contributed by atoms with E-state index in [0.29, 0.717) is 22.9 Å². The van der Waals surface area contributed by atoms with E-state index < -0.39 is 0 Å². The Morgan fingerprint density at radius 2 is 1.54 bits per heavy atom. The van der Waals surface area contributed by atoms with Gasteiger partial charge < -0.3 is 14.2 Å². The van der Waals surface area contributed by atoms with Crippen molar-refractivity contribution in [1.82, 2.24) is 0 Å². The van der Waals surface area contributed by atoms with Crippen molar-refractivity contribution in [1.29, 1.82) is 0 Å². The van der Waals surface area contributed by atoms with Crippen molar-refractivity contribution >= 4 is 17.5 Å². The van der Waals surface area contributed by atoms with Gasteiger partial charge in [0.1, 0.15) is 5.75 Å². The molecule has 2 amide bonds. The lowest BCUT2D eigenvalue weighted by Gasteiger charge is -2.30. The molecule has 0 unspecified atom stereocenters. The number of carbonyl (C=O) groups excluding carboxylic acids is 2. The minimum atomic E-state index is -0.228. The fraction of sp³-hybridized carbons (Fsp3) is 0.300. The third kappa shape index (κ3) is 3.35. The molecule has 0 aliphatic carbocycles. The molecule has 2 aromatic rings. The Kier molecular flexibility index (Phi) is 5.11. The van der Waals surface area contributed by atoms with E-state index in [0.717, 1.165) is 5.56 Å². The third-order valence-corrected chi connectivity index (χ3v) is 4.53. The number of carbonyl (C=O) groups is 2. The van der Waals surface area contributed by atoms with Crippen LogP contribution in [0.5, 0.6) is 17.2 Å². The molecule has 2 aromatic carbocycles. The second kappa shape index (κ2) is 7.47. The average molecular weight is 355 g/mol. The number of imide groups is 1. The Labute approximate surface area is 152 Å². The lowest BCUT2D eigenvalue weighted by Crippen LogP contribution is -2.42. The molecule has 0 atom stereocenters. The summed E-state index contributed by atoms with van der Waals surface area (Å²) < 4.78 is 15.7. The molecule has 1 aliphatic rings. The molecule has 0 aromatic heterocycles. The van der Waals surface area contributed by atoms with Gasteiger partial charge in [-0.3, -0.25) is 14.5 Å². The van der Waals surface area contributed by atoms with Gasteiger partial charge in [0, 0.05) is 24.8 Å². The molecule has 6 nitrogen and oxygen atoms in total. The highest BCUT2D eigenvalue weighted by molar-refractivity contribution is 6.17. The van der Waals surface area contributed by atoms with E-state index in [1.165, 1.54) is 4.90 Å². The van der Waals surface area contributed by atoms with Crippen LogP contribution in [0.1, 0.15) is 24.3 Å². The third-order valence-electron chi connectivity index (χ3n) is 4.53. The van der Waals surface area contributed by atoms with Crippen molar-refractivity contribution in [3.05, 3.63) is 48.0 Å². The highest BCUT2D eigenvalue weighted by Gasteiger charge is 2.34. The molecular formula is C20H21NO5. The fourth-order valence-corrected chi connectivity index (χ4v) is 3.20. The summed E-state index contributed by atoms with van der Waals surface area (Å²) in [5.41, 5.74) is 1.42. The van der Waals surface area contributed by atoms with Gasteiger partial charge in [-0.1, -0.05) is 12.1 Å². The van der Waals surface area contributed by atoms with Crippen LogP contribution >= 0.6 is 0 Å². The zero-order chi connectivity index (χ0) is 18.7. The maximum absolute atomic E-state index is 12.7. The van der Waals surface area contributed by atoms with Crippen molar-refractivity contribution < 1.29 is 23.8 Å². The molecule has 1 aliphatic heterocycles. The molecule has 3 rings (SSSR count). The predicted molar refractivity (Wildman–Crippen MR) is 97.0 cm³/mol. The minimum absolute atomic E-state index is 0.184. The smallest absolute Gasteiger partial charge is 0.234 e. The molecule has 136 valence electrons. The molecule has 1 heterocycles. The number of methoxy groups -OCH3 is 3. The highest BCUT2D eigenvalue weighted by atomic mass is 16.5. The van der Waals surface area contributed by atoms with Crippen LogP contribution in [-0.2, 0) is 9.59 Å². The standard InChI is InChI=1S/C20H21NO5/c1-24-16-6-4-5-15(12-16)21-19(22)10-14(11-20(21)23)13-7-8-17(25-2)18(9-13)26-3/h4-9,12,14H,10-11H2,1-3H3. The Balaban J connectivity index is 1.84. The van der Waals surface area contributed by atoms with Crippen LogP contribution < -0.4 is 19.1 Å². The van der Waals surface area contributed by atoms with Crippen LogP contribution in [0.4, 0.5) is 5.69 Å². The van der Waals surface area contributed by atoms with Gasteiger partial charge in [-0.25, -0.2) is 0 Å². The van der Waals surface area contributed by atoms with Crippen molar-refractivity contribution in [2.45, 2.75) is 18.8 Å². The molecule has 0 spiro atoms. The quantitative estimate of drug-likeness (QED) is 0.771. The zero-order valence-corrected chi connectivity index (χ0v) is 15.0. The number of nitrogens with zero attached hydrogens (tertiary/aromatic N) is 1. The highest BCUT2D eigenvalue weighted by Crippen LogP contribution is 2.37. The summed E-state index contributed by atoms with van der Waals surface area (Å²) in [7, 11) is 4.67. The van der Waals surface area contributed by atoms with Crippen LogP contribution in [0, 0.1) is 0 Å². The first-order valence-electron chi connectivity index (χ1n) is 8.29. The van der Waals surface area contributed by atoms with E-state index in [1.807, 2.05) is 12.1 Å². The van der Waals surface area contributed by atoms with Gasteiger partial charge in [0.15, 0.2) is 11.5 Å². The normalized spacial score (nSPS) is 15.1. The monoisotopic (exact) mass is 355 g/mol. The SMILES string of the molecule is COc1cccc(N2C(=O)CC(c3ccc(OC)c(OC)c3)CC2=O)c1. The Morgan fingerprint density at radius 3 is 2.15 bits per heavy atom. The van der Waals surface area contributed by atoms with Crippen molar-refractivity contribution in [3.63, 3.8) is 0 Å². The molecule has 0 bridgehead atoms. The van der Waals surface area contributed by atoms with Crippen LogP contribution in [0.15, 0.2) is 42.5 Å². The lowest BCUT2D eigenvalue weighted by molar-refractivity contribution is -0.129. The fourth-order valence-electron chi connectivity index (χ4n) is 3.20. The molecule has 26 heavy (non-hydrogen) atoms. The molecule has 0 saturated carbocycles. The second-order valence-corrected chi connectivity index (χ2v) is 6.04. The van der Waals surface area contributed by atoms with Gasteiger partial charge in [-0.2, -0.15) is 0 Å². The van der Waals surface area contributed by atoms with Gasteiger partial charge in [-0.15, -0.1) is 0 Å². The summed E-state index contributed by atoms with van der Waals surface area (Å²) in [6.45, 7) is 0. The summed E-state index contributed by atoms with van der Waals surface area (Å²) in [5, 5.41) is 0. The van der Waals surface area contributed by atoms with E-state index in [1.54, 1.807) is 51.7 Å². The summed E-state index contributed by atoms with van der Waals surface area (Å²) in [4.78, 5) is 26.6. The maximum Gasteiger partial charge on any atom is 0.234 e. The van der Waals surface area contributed by atoms with Crippen molar-refractivity contribution in [2.75, 3.05) is 26.2 Å². The van der Waals surface area contributed by atoms with Crippen molar-refractivity contribution in [2.24, 2.45) is 0 Å². The van der Waals surface area contributed by atoms with Crippen LogP contribution in [0.3, 0.4) is 0 Å². The van der Waals surface area contributed by atoms with E-state index in [9.17, 15) is 9.59 Å². The van der Waals surface area contributed by atoms with Crippen LogP contribution in [0.2, 0.25) is 0 Å². The summed E-state index contributed by atoms with van der Waals surface area (Å²) in [6.07, 6.45) is 0.497. The number of amides is 2. The number of hydrogen-bond acceptors (Lipinski definition) is 5. The Morgan fingerprint density at radius 1 is 0.846 bits per heavy atom. The summed E-state index contributed by atoms with van der Waals surface area (Å²) >= 11 is 0. The second-order valence-electron chi connectivity index (χ2n) is 6.04. The molecule has 0 radical (unpaired) electrons. The maximum atomic E-state index is 12.7. The topological polar surface area (TPSA) is 65.1 Å². The van der Waals surface area contributed by atoms with E-state index in [4.69, 9.17) is 14.2 Å². The van der Waals surface area contributed by atoms with Gasteiger partial charge in [0.25, 0.3) is 0 Å². The number of piperidine rings is 1. The Bertz CT molecular complexity index is 815. The van der Waals surface area contributed by atoms with E-state index >= 15 is 0 Å². The zero-order valence-electron chi connectivity index (χ0n) is 15.0. The van der Waals surface area contributed by atoms with E-state index in [-0.39, 0.29) is 30.6 Å². The van der Waals surface area contributed by atoms with E-state index in [2.05, 4.69) is 0 Å². The minimum Gasteiger partial charge on any atom is -0.497 e. The molecule has 1 fully saturated rings. The van der Waals surface area contributed by atoms with Crippen LogP contribution in [-0.4, -0.2) is 33.1 Å².